The molecule has 0 bridgehead atoms. The van der Waals surface area contributed by atoms with Crippen LogP contribution in [0, 0.1) is 0 Å². The van der Waals surface area contributed by atoms with Crippen molar-refractivity contribution < 1.29 is 32.3 Å². The number of carbonyl (C=O) groups excluding carboxylic acids is 3. The number of amidine groups is 2. The molecule has 14 heteroatoms. The van der Waals surface area contributed by atoms with Crippen molar-refractivity contribution in [2.45, 2.75) is 32.4 Å². The number of hydrogen-bond acceptors (Lipinski definition) is 6. The lowest BCUT2D eigenvalue weighted by molar-refractivity contribution is -0.137. The minimum atomic E-state index is -4.56. The van der Waals surface area contributed by atoms with E-state index in [1.807, 2.05) is 6.07 Å². The molecule has 0 aliphatic carbocycles. The number of hydrogen-bond donors (Lipinski definition) is 2. The Morgan fingerprint density at radius 1 is 0.882 bits per heavy atom. The number of ether oxygens (including phenoxy) is 1. The van der Waals surface area contributed by atoms with Crippen molar-refractivity contribution in [2.24, 2.45) is 15.7 Å². The smallest absolute Gasteiger partial charge is 0.383 e. The predicted molar refractivity (Wildman–Crippen MR) is 191 cm³/mol. The second-order valence-electron chi connectivity index (χ2n) is 12.5. The molecule has 270 valence electrons. The largest absolute Gasteiger partial charge is 0.416 e. The van der Waals surface area contributed by atoms with E-state index in [2.05, 4.69) is 25.1 Å². The monoisotopic (exact) mass is 705 g/mol. The number of morpholine rings is 1. The van der Waals surface area contributed by atoms with E-state index in [1.165, 1.54) is 25.1 Å². The molecule has 51 heavy (non-hydrogen) atoms. The van der Waals surface area contributed by atoms with Crippen LogP contribution in [0.3, 0.4) is 0 Å². The summed E-state index contributed by atoms with van der Waals surface area (Å²) in [4.78, 5) is 54.6. The molecule has 3 amide bonds. The number of nitrogens with one attached hydrogen (secondary N) is 1. The number of benzene rings is 3. The highest BCUT2D eigenvalue weighted by atomic mass is 19.4. The number of nitrogens with two attached hydrogens (primary N) is 1. The van der Waals surface area contributed by atoms with Gasteiger partial charge in [0.1, 0.15) is 11.7 Å². The van der Waals surface area contributed by atoms with Gasteiger partial charge in [-0.3, -0.25) is 19.3 Å². The van der Waals surface area contributed by atoms with Gasteiger partial charge in [0.15, 0.2) is 0 Å². The molecule has 11 nitrogen and oxygen atoms in total. The van der Waals surface area contributed by atoms with Crippen LogP contribution in [-0.2, 0) is 10.9 Å². The van der Waals surface area contributed by atoms with Crippen molar-refractivity contribution in [2.75, 3.05) is 69.7 Å². The number of amides is 3. The van der Waals surface area contributed by atoms with Crippen molar-refractivity contribution in [3.05, 3.63) is 94.5 Å². The van der Waals surface area contributed by atoms with Gasteiger partial charge < -0.3 is 25.6 Å². The number of aliphatic imine (C=N–C) groups is 2. The number of halogens is 3. The summed E-state index contributed by atoms with van der Waals surface area (Å²) in [5.74, 6) is -1.82. The molecule has 3 aromatic rings. The molecule has 0 aromatic heterocycles. The summed E-state index contributed by atoms with van der Waals surface area (Å²) < 4.78 is 45.1. The van der Waals surface area contributed by atoms with Gasteiger partial charge in [0.05, 0.1) is 30.0 Å². The number of rotatable bonds is 9. The van der Waals surface area contributed by atoms with Gasteiger partial charge in [0.2, 0.25) is 0 Å². The Labute approximate surface area is 295 Å². The lowest BCUT2D eigenvalue weighted by Crippen LogP contribution is -2.41. The molecule has 0 saturated carbocycles. The highest BCUT2D eigenvalue weighted by Crippen LogP contribution is 2.30. The molecule has 0 radical (unpaired) electrons. The lowest BCUT2D eigenvalue weighted by Gasteiger charge is -2.29. The fraction of sp³-hybridized carbons (Fsp3) is 0.378. The molecule has 2 heterocycles. The third kappa shape index (κ3) is 10.0. The Kier molecular flexibility index (Phi) is 12.2. The van der Waals surface area contributed by atoms with Gasteiger partial charge >= 0.3 is 6.18 Å². The van der Waals surface area contributed by atoms with Crippen LogP contribution in [0.15, 0.2) is 76.7 Å². The normalized spacial score (nSPS) is 16.1. The van der Waals surface area contributed by atoms with Crippen molar-refractivity contribution >= 4 is 40.8 Å². The molecule has 0 unspecified atom stereocenters. The molecule has 2 aliphatic rings. The maximum atomic E-state index is 13.7. The second-order valence-corrected chi connectivity index (χ2v) is 12.5. The molecule has 3 N–H and O–H groups in total. The first-order valence-electron chi connectivity index (χ1n) is 16.9. The number of anilines is 2. The zero-order chi connectivity index (χ0) is 36.5. The third-order valence-corrected chi connectivity index (χ3v) is 8.81. The Balaban J connectivity index is 1.36. The summed E-state index contributed by atoms with van der Waals surface area (Å²) in [5.41, 5.74) is 6.77. The van der Waals surface area contributed by atoms with Gasteiger partial charge in [0, 0.05) is 68.7 Å². The average Bonchev–Trinajstić information content (AvgIpc) is 3.14. The number of nitrogens with zero attached hydrogens (tertiary/aromatic N) is 5. The van der Waals surface area contributed by atoms with Crippen LogP contribution < -0.4 is 16.0 Å². The zero-order valence-electron chi connectivity index (χ0n) is 28.7. The van der Waals surface area contributed by atoms with Gasteiger partial charge in [-0.25, -0.2) is 4.99 Å². The zero-order valence-corrected chi connectivity index (χ0v) is 28.7. The Morgan fingerprint density at radius 2 is 1.57 bits per heavy atom. The summed E-state index contributed by atoms with van der Waals surface area (Å²) in [6, 6.07) is 15.9. The molecule has 2 fully saturated rings. The van der Waals surface area contributed by atoms with Crippen molar-refractivity contribution in [3.8, 4) is 0 Å². The first-order chi connectivity index (χ1) is 24.4. The first-order valence-corrected chi connectivity index (χ1v) is 16.9. The van der Waals surface area contributed by atoms with Gasteiger partial charge in [-0.15, -0.1) is 0 Å². The quantitative estimate of drug-likeness (QED) is 0.228. The Bertz CT molecular complexity index is 1800. The fourth-order valence-electron chi connectivity index (χ4n) is 5.92. The van der Waals surface area contributed by atoms with E-state index in [0.29, 0.717) is 31.9 Å². The van der Waals surface area contributed by atoms with E-state index in [9.17, 15) is 27.6 Å². The predicted octanol–water partition coefficient (Wildman–Crippen LogP) is 5.32. The molecular weight excluding hydrogens is 663 g/mol. The topological polar surface area (TPSA) is 133 Å². The van der Waals surface area contributed by atoms with Crippen LogP contribution in [0.5, 0.6) is 0 Å². The van der Waals surface area contributed by atoms with Crippen LogP contribution in [0.2, 0.25) is 0 Å². The Hall–Kier alpha value is -5.08. The molecule has 2 saturated heterocycles. The van der Waals surface area contributed by atoms with E-state index >= 15 is 0 Å². The second kappa shape index (κ2) is 16.8. The van der Waals surface area contributed by atoms with Crippen molar-refractivity contribution in [1.82, 2.24) is 9.80 Å². The van der Waals surface area contributed by atoms with Gasteiger partial charge in [-0.1, -0.05) is 18.2 Å². The number of carbonyl (C=O) groups is 3. The van der Waals surface area contributed by atoms with Crippen LogP contribution in [0.4, 0.5) is 24.5 Å². The summed E-state index contributed by atoms with van der Waals surface area (Å²) in [6.07, 6.45) is -1.46. The lowest BCUT2D eigenvalue weighted by atomic mass is 10.1. The third-order valence-electron chi connectivity index (χ3n) is 8.81. The summed E-state index contributed by atoms with van der Waals surface area (Å²) >= 11 is 0. The van der Waals surface area contributed by atoms with Gasteiger partial charge in [-0.2, -0.15) is 18.2 Å². The summed E-state index contributed by atoms with van der Waals surface area (Å²) in [5, 5.41) is 2.80. The van der Waals surface area contributed by atoms with E-state index in [0.717, 1.165) is 63.3 Å². The van der Waals surface area contributed by atoms with Gasteiger partial charge in [-0.05, 0) is 74.7 Å². The van der Waals surface area contributed by atoms with E-state index in [4.69, 9.17) is 10.5 Å². The summed E-state index contributed by atoms with van der Waals surface area (Å²) in [7, 11) is 1.72. The summed E-state index contributed by atoms with van der Waals surface area (Å²) in [6.45, 7) is 7.21. The first kappa shape index (κ1) is 37.2. The van der Waals surface area contributed by atoms with Gasteiger partial charge in [0.25, 0.3) is 17.7 Å². The fourth-order valence-corrected chi connectivity index (χ4v) is 5.92. The molecular formula is C37H42F3N7O4. The Morgan fingerprint density at radius 3 is 2.29 bits per heavy atom. The average molecular weight is 706 g/mol. The SMILES string of the molecule is CC(=NC(=O)c1cc(N2CCCCC2)ccc1NC(=O)c1cccc(C(=O)N(C)CCN2CCOCC2)c1)N=C(N)c1cccc(C(F)(F)F)c1. The van der Waals surface area contributed by atoms with Crippen LogP contribution >= 0.6 is 0 Å². The highest BCUT2D eigenvalue weighted by Gasteiger charge is 2.30. The molecule has 2 aliphatic heterocycles. The van der Waals surface area contributed by atoms with Crippen LogP contribution in [-0.4, -0.2) is 98.7 Å². The minimum Gasteiger partial charge on any atom is -0.383 e. The highest BCUT2D eigenvalue weighted by molar-refractivity contribution is 6.13. The van der Waals surface area contributed by atoms with Crippen LogP contribution in [0.25, 0.3) is 0 Å². The van der Waals surface area contributed by atoms with Crippen molar-refractivity contribution in [3.63, 3.8) is 0 Å². The molecule has 0 spiro atoms. The number of alkyl halides is 3. The van der Waals surface area contributed by atoms with Crippen molar-refractivity contribution in [1.29, 1.82) is 0 Å². The standard InChI is InChI=1S/C37H42F3N7O4/c1-25(42-33(41)26-8-7-11-29(23-26)37(38,39)40)43-35(49)31-24-30(47-14-4-3-5-15-47)12-13-32(31)44-34(48)27-9-6-10-28(22-27)36(50)45(2)16-17-46-18-20-51-21-19-46/h6-13,22-24H,3-5,14-21H2,1-2H3,(H,44,48)(H2,41,42,43,49). The van der Waals surface area contributed by atoms with E-state index in [1.54, 1.807) is 42.3 Å². The molecule has 0 atom stereocenters. The van der Waals surface area contributed by atoms with E-state index in [-0.39, 0.29) is 40.0 Å². The minimum absolute atomic E-state index is 0.0240. The maximum absolute atomic E-state index is 13.7. The van der Waals surface area contributed by atoms with E-state index < -0.39 is 23.6 Å². The molecule has 5 rings (SSSR count). The number of piperidine rings is 1. The number of likely N-dealkylation sites (N-methyl/N-ethyl adjacent to an activating group) is 1. The van der Waals surface area contributed by atoms with Crippen LogP contribution in [0.1, 0.15) is 68.4 Å². The maximum Gasteiger partial charge on any atom is 0.416 e. The molecule has 3 aromatic carbocycles.